The van der Waals surface area contributed by atoms with Crippen LogP contribution >= 0.6 is 0 Å². The molecule has 2 atom stereocenters. The summed E-state index contributed by atoms with van der Waals surface area (Å²) in [6, 6.07) is 13.1. The molecule has 0 spiro atoms. The van der Waals surface area contributed by atoms with Gasteiger partial charge in [-0.1, -0.05) is 12.1 Å². The number of aliphatic hydroxyl groups excluding tert-OH is 1. The second-order valence-corrected chi connectivity index (χ2v) is 8.16. The number of benzene rings is 2. The highest BCUT2D eigenvalue weighted by molar-refractivity contribution is 5.96. The molecule has 2 aromatic rings. The van der Waals surface area contributed by atoms with E-state index < -0.39 is 11.9 Å². The van der Waals surface area contributed by atoms with Crippen LogP contribution in [0.1, 0.15) is 24.2 Å². The van der Waals surface area contributed by atoms with Gasteiger partial charge in [0.2, 0.25) is 5.91 Å². The van der Waals surface area contributed by atoms with Gasteiger partial charge in [0.15, 0.2) is 17.3 Å². The van der Waals surface area contributed by atoms with Crippen molar-refractivity contribution in [2.24, 2.45) is 0 Å². The summed E-state index contributed by atoms with van der Waals surface area (Å²) < 4.78 is 19.0. The van der Waals surface area contributed by atoms with E-state index in [9.17, 15) is 19.1 Å². The molecule has 0 unspecified atom stereocenters. The second-order valence-electron chi connectivity index (χ2n) is 8.16. The summed E-state index contributed by atoms with van der Waals surface area (Å²) in [5, 5.41) is 13.2. The quantitative estimate of drug-likeness (QED) is 0.580. The molecule has 1 saturated heterocycles. The SMILES string of the molecule is CC(=O)c1ccc(NC(=O)CN2CCN(C[C@@H](O)COc3ccccc3F)[C@@H](C)C2)cc1. The first kappa shape index (κ1) is 23.8. The Morgan fingerprint density at radius 2 is 1.91 bits per heavy atom. The van der Waals surface area contributed by atoms with Crippen LogP contribution in [-0.4, -0.2) is 78.1 Å². The Morgan fingerprint density at radius 1 is 1.19 bits per heavy atom. The van der Waals surface area contributed by atoms with Gasteiger partial charge in [0.1, 0.15) is 12.7 Å². The zero-order valence-corrected chi connectivity index (χ0v) is 18.5. The fourth-order valence-electron chi connectivity index (χ4n) is 3.75. The molecule has 0 radical (unpaired) electrons. The molecule has 1 fully saturated rings. The van der Waals surface area contributed by atoms with Gasteiger partial charge in [-0.2, -0.15) is 0 Å². The lowest BCUT2D eigenvalue weighted by Gasteiger charge is -2.40. The van der Waals surface area contributed by atoms with Crippen molar-refractivity contribution < 1.29 is 23.8 Å². The van der Waals surface area contributed by atoms with E-state index in [4.69, 9.17) is 4.74 Å². The van der Waals surface area contributed by atoms with E-state index in [-0.39, 0.29) is 36.6 Å². The zero-order chi connectivity index (χ0) is 23.1. The van der Waals surface area contributed by atoms with Crippen LogP contribution in [0.3, 0.4) is 0 Å². The number of carbonyl (C=O) groups excluding carboxylic acids is 2. The van der Waals surface area contributed by atoms with Crippen molar-refractivity contribution in [1.82, 2.24) is 9.80 Å². The molecular weight excluding hydrogens is 413 g/mol. The minimum atomic E-state index is -0.745. The molecule has 0 aromatic heterocycles. The Labute approximate surface area is 187 Å². The van der Waals surface area contributed by atoms with Crippen LogP contribution in [0, 0.1) is 5.82 Å². The van der Waals surface area contributed by atoms with Crippen LogP contribution in [0.25, 0.3) is 0 Å². The third kappa shape index (κ3) is 6.85. The van der Waals surface area contributed by atoms with Gasteiger partial charge < -0.3 is 15.2 Å². The first-order valence-electron chi connectivity index (χ1n) is 10.7. The van der Waals surface area contributed by atoms with Gasteiger partial charge in [0, 0.05) is 43.5 Å². The predicted molar refractivity (Wildman–Crippen MR) is 120 cm³/mol. The Kier molecular flexibility index (Phi) is 8.33. The second kappa shape index (κ2) is 11.2. The van der Waals surface area contributed by atoms with E-state index in [0.717, 1.165) is 0 Å². The predicted octanol–water partition coefficient (Wildman–Crippen LogP) is 2.41. The zero-order valence-electron chi connectivity index (χ0n) is 18.5. The number of ketones is 1. The number of para-hydroxylation sites is 1. The number of Topliss-reactive ketones (excluding diaryl/α,β-unsaturated/α-hetero) is 1. The third-order valence-corrected chi connectivity index (χ3v) is 5.50. The van der Waals surface area contributed by atoms with E-state index in [1.807, 2.05) is 0 Å². The Hall–Kier alpha value is -2.81. The summed E-state index contributed by atoms with van der Waals surface area (Å²) in [6.45, 7) is 6.35. The minimum absolute atomic E-state index is 0.0126. The first-order valence-corrected chi connectivity index (χ1v) is 10.7. The van der Waals surface area contributed by atoms with Crippen LogP contribution in [0.5, 0.6) is 5.75 Å². The Balaban J connectivity index is 1.40. The number of nitrogens with zero attached hydrogens (tertiary/aromatic N) is 2. The lowest BCUT2D eigenvalue weighted by molar-refractivity contribution is -0.118. The van der Waals surface area contributed by atoms with Crippen molar-refractivity contribution >= 4 is 17.4 Å². The van der Waals surface area contributed by atoms with Crippen molar-refractivity contribution in [2.45, 2.75) is 26.0 Å². The maximum Gasteiger partial charge on any atom is 0.238 e. The Morgan fingerprint density at radius 3 is 2.56 bits per heavy atom. The fraction of sp³-hybridized carbons (Fsp3) is 0.417. The number of carbonyl (C=O) groups is 2. The summed E-state index contributed by atoms with van der Waals surface area (Å²) in [7, 11) is 0. The topological polar surface area (TPSA) is 82.1 Å². The molecule has 0 saturated carbocycles. The summed E-state index contributed by atoms with van der Waals surface area (Å²) in [6.07, 6.45) is -0.745. The van der Waals surface area contributed by atoms with Crippen LogP contribution in [-0.2, 0) is 4.79 Å². The molecule has 0 aliphatic carbocycles. The minimum Gasteiger partial charge on any atom is -0.488 e. The van der Waals surface area contributed by atoms with Gasteiger partial charge >= 0.3 is 0 Å². The standard InChI is InChI=1S/C24H30FN3O4/c1-17-13-27(15-24(31)26-20-9-7-19(8-10-20)18(2)29)11-12-28(17)14-21(30)16-32-23-6-4-3-5-22(23)25/h3-10,17,21,30H,11-16H2,1-2H3,(H,26,31)/t17-,21+/m0/s1. The highest BCUT2D eigenvalue weighted by Gasteiger charge is 2.26. The van der Waals surface area contributed by atoms with Gasteiger partial charge in [0.05, 0.1) is 6.54 Å². The Bertz CT molecular complexity index is 922. The largest absolute Gasteiger partial charge is 0.488 e. The number of β-amino-alcohol motifs (C(OH)–C–C–N with tert-alkyl or cyclic N) is 1. The number of hydrogen-bond donors (Lipinski definition) is 2. The number of piperazine rings is 1. The van der Waals surface area contributed by atoms with E-state index in [1.54, 1.807) is 36.4 Å². The van der Waals surface area contributed by atoms with E-state index in [1.165, 1.54) is 19.1 Å². The normalized spacial score (nSPS) is 18.2. The molecule has 2 N–H and O–H groups in total. The smallest absolute Gasteiger partial charge is 0.238 e. The summed E-state index contributed by atoms with van der Waals surface area (Å²) in [5.74, 6) is -0.445. The number of halogens is 1. The van der Waals surface area contributed by atoms with Crippen molar-refractivity contribution in [3.8, 4) is 5.75 Å². The molecule has 3 rings (SSSR count). The summed E-state index contributed by atoms with van der Waals surface area (Å²) >= 11 is 0. The number of ether oxygens (including phenoxy) is 1. The van der Waals surface area contributed by atoms with Crippen molar-refractivity contribution in [3.05, 3.63) is 59.9 Å². The van der Waals surface area contributed by atoms with Crippen molar-refractivity contribution in [1.29, 1.82) is 0 Å². The van der Waals surface area contributed by atoms with Gasteiger partial charge in [-0.3, -0.25) is 19.4 Å². The van der Waals surface area contributed by atoms with Crippen LogP contribution in [0.15, 0.2) is 48.5 Å². The molecular formula is C24H30FN3O4. The third-order valence-electron chi connectivity index (χ3n) is 5.50. The van der Waals surface area contributed by atoms with Gasteiger partial charge in [-0.25, -0.2) is 4.39 Å². The number of nitrogens with one attached hydrogen (secondary N) is 1. The summed E-state index contributed by atoms with van der Waals surface area (Å²) in [4.78, 5) is 28.0. The molecule has 7 nitrogen and oxygen atoms in total. The molecule has 2 aromatic carbocycles. The van der Waals surface area contributed by atoms with E-state index >= 15 is 0 Å². The maximum atomic E-state index is 13.6. The van der Waals surface area contributed by atoms with E-state index in [0.29, 0.717) is 37.4 Å². The number of amides is 1. The summed E-state index contributed by atoms with van der Waals surface area (Å²) in [5.41, 5.74) is 1.26. The monoisotopic (exact) mass is 443 g/mol. The van der Waals surface area contributed by atoms with Crippen molar-refractivity contribution in [3.63, 3.8) is 0 Å². The number of aliphatic hydroxyl groups is 1. The number of anilines is 1. The van der Waals surface area contributed by atoms with Gasteiger partial charge in [-0.15, -0.1) is 0 Å². The van der Waals surface area contributed by atoms with E-state index in [2.05, 4.69) is 22.0 Å². The maximum absolute atomic E-state index is 13.6. The van der Waals surface area contributed by atoms with Crippen LogP contribution in [0.2, 0.25) is 0 Å². The molecule has 1 aliphatic rings. The molecule has 8 heteroatoms. The lowest BCUT2D eigenvalue weighted by Crippen LogP contribution is -2.55. The number of rotatable bonds is 9. The molecule has 32 heavy (non-hydrogen) atoms. The van der Waals surface area contributed by atoms with Crippen molar-refractivity contribution in [2.75, 3.05) is 44.6 Å². The lowest BCUT2D eigenvalue weighted by atomic mass is 10.1. The molecule has 172 valence electrons. The molecule has 1 amide bonds. The molecule has 1 aliphatic heterocycles. The highest BCUT2D eigenvalue weighted by atomic mass is 19.1. The average molecular weight is 444 g/mol. The van der Waals surface area contributed by atoms with Gasteiger partial charge in [0.25, 0.3) is 0 Å². The average Bonchev–Trinajstić information content (AvgIpc) is 2.75. The number of hydrogen-bond acceptors (Lipinski definition) is 6. The molecule has 1 heterocycles. The van der Waals surface area contributed by atoms with Gasteiger partial charge in [-0.05, 0) is 50.2 Å². The fourth-order valence-corrected chi connectivity index (χ4v) is 3.75. The first-order chi connectivity index (χ1) is 15.3. The van der Waals surface area contributed by atoms with Crippen LogP contribution < -0.4 is 10.1 Å². The van der Waals surface area contributed by atoms with Crippen LogP contribution in [0.4, 0.5) is 10.1 Å². The molecule has 0 bridgehead atoms. The highest BCUT2D eigenvalue weighted by Crippen LogP contribution is 2.16.